The summed E-state index contributed by atoms with van der Waals surface area (Å²) in [6, 6.07) is 9.10. The first-order chi connectivity index (χ1) is 13.2. The van der Waals surface area contributed by atoms with E-state index in [9.17, 15) is 4.79 Å². The zero-order valence-corrected chi connectivity index (χ0v) is 16.0. The predicted molar refractivity (Wildman–Crippen MR) is 107 cm³/mol. The number of hydrogen-bond donors (Lipinski definition) is 2. The van der Waals surface area contributed by atoms with Crippen LogP contribution in [0.5, 0.6) is 5.75 Å². The predicted octanol–water partition coefficient (Wildman–Crippen LogP) is 2.63. The van der Waals surface area contributed by atoms with Gasteiger partial charge in [-0.1, -0.05) is 6.07 Å². The van der Waals surface area contributed by atoms with E-state index in [0.717, 1.165) is 30.5 Å². The first kappa shape index (κ1) is 18.9. The molecule has 1 aliphatic heterocycles. The van der Waals surface area contributed by atoms with E-state index in [4.69, 9.17) is 4.74 Å². The molecule has 7 nitrogen and oxygen atoms in total. The number of hydrogen-bond acceptors (Lipinski definition) is 6. The zero-order chi connectivity index (χ0) is 19.1. The Labute approximate surface area is 160 Å². The number of methoxy groups -OCH3 is 1. The topological polar surface area (TPSA) is 79.4 Å². The Morgan fingerprint density at radius 1 is 1.15 bits per heavy atom. The van der Waals surface area contributed by atoms with Crippen molar-refractivity contribution >= 4 is 17.5 Å². The molecule has 0 unspecified atom stereocenters. The van der Waals surface area contributed by atoms with Crippen LogP contribution in [0.1, 0.15) is 35.4 Å². The monoisotopic (exact) mass is 369 g/mol. The van der Waals surface area contributed by atoms with Gasteiger partial charge in [-0.15, -0.1) is 0 Å². The van der Waals surface area contributed by atoms with E-state index in [0.29, 0.717) is 24.4 Å². The highest BCUT2D eigenvalue weighted by Crippen LogP contribution is 2.20. The van der Waals surface area contributed by atoms with Crippen molar-refractivity contribution in [1.82, 2.24) is 15.3 Å². The summed E-state index contributed by atoms with van der Waals surface area (Å²) in [4.78, 5) is 23.5. The molecule has 27 heavy (non-hydrogen) atoms. The molecule has 1 fully saturated rings. The molecule has 2 heterocycles. The number of aromatic nitrogens is 2. The van der Waals surface area contributed by atoms with Crippen molar-refractivity contribution in [1.29, 1.82) is 0 Å². The molecule has 1 aliphatic rings. The van der Waals surface area contributed by atoms with E-state index in [1.165, 1.54) is 19.3 Å². The Balaban J connectivity index is 1.51. The second-order valence-corrected chi connectivity index (χ2v) is 6.62. The second-order valence-electron chi connectivity index (χ2n) is 6.62. The summed E-state index contributed by atoms with van der Waals surface area (Å²) < 4.78 is 5.15. The zero-order valence-electron chi connectivity index (χ0n) is 16.0. The lowest BCUT2D eigenvalue weighted by molar-refractivity contribution is 0.0955. The average molecular weight is 369 g/mol. The van der Waals surface area contributed by atoms with Crippen LogP contribution in [0.2, 0.25) is 0 Å². The van der Waals surface area contributed by atoms with Crippen molar-refractivity contribution in [3.63, 3.8) is 0 Å². The molecule has 3 rings (SSSR count). The van der Waals surface area contributed by atoms with E-state index in [-0.39, 0.29) is 5.91 Å². The van der Waals surface area contributed by atoms with Crippen molar-refractivity contribution in [3.8, 4) is 5.75 Å². The van der Waals surface area contributed by atoms with Gasteiger partial charge in [-0.3, -0.25) is 4.79 Å². The fourth-order valence-electron chi connectivity index (χ4n) is 3.16. The number of rotatable bonds is 7. The van der Waals surface area contributed by atoms with Crippen LogP contribution in [0.25, 0.3) is 0 Å². The minimum Gasteiger partial charge on any atom is -0.497 e. The summed E-state index contributed by atoms with van der Waals surface area (Å²) in [5.41, 5.74) is 0.583. The molecule has 2 N–H and O–H groups in total. The van der Waals surface area contributed by atoms with Crippen LogP contribution in [-0.2, 0) is 0 Å². The Morgan fingerprint density at radius 3 is 2.74 bits per heavy atom. The molecule has 1 aromatic carbocycles. The van der Waals surface area contributed by atoms with Gasteiger partial charge in [-0.05, 0) is 44.4 Å². The molecular formula is C20H27N5O2. The third kappa shape index (κ3) is 5.32. The van der Waals surface area contributed by atoms with E-state index in [1.807, 2.05) is 19.1 Å². The van der Waals surface area contributed by atoms with Gasteiger partial charge in [-0.2, -0.15) is 0 Å². The fraction of sp³-hybridized carbons (Fsp3) is 0.450. The maximum absolute atomic E-state index is 12.2. The number of carbonyl (C=O) groups excluding carboxylic acids is 1. The summed E-state index contributed by atoms with van der Waals surface area (Å²) >= 11 is 0. The van der Waals surface area contributed by atoms with E-state index in [1.54, 1.807) is 25.3 Å². The highest BCUT2D eigenvalue weighted by molar-refractivity contribution is 5.94. The van der Waals surface area contributed by atoms with Crippen LogP contribution < -0.4 is 20.3 Å². The number of amides is 1. The maximum atomic E-state index is 12.2. The third-order valence-corrected chi connectivity index (χ3v) is 4.55. The van der Waals surface area contributed by atoms with Gasteiger partial charge in [0.25, 0.3) is 5.91 Å². The first-order valence-electron chi connectivity index (χ1n) is 9.42. The van der Waals surface area contributed by atoms with Gasteiger partial charge in [0.15, 0.2) is 0 Å². The molecule has 0 aliphatic carbocycles. The second kappa shape index (κ2) is 9.21. The highest BCUT2D eigenvalue weighted by Gasteiger charge is 2.13. The summed E-state index contributed by atoms with van der Waals surface area (Å²) in [7, 11) is 1.59. The van der Waals surface area contributed by atoms with Crippen molar-refractivity contribution in [2.75, 3.05) is 43.5 Å². The van der Waals surface area contributed by atoms with Crippen LogP contribution in [0.3, 0.4) is 0 Å². The van der Waals surface area contributed by atoms with Crippen LogP contribution in [0, 0.1) is 6.92 Å². The fourth-order valence-corrected chi connectivity index (χ4v) is 3.16. The molecule has 1 amide bonds. The Kier molecular flexibility index (Phi) is 6.46. The molecule has 0 bridgehead atoms. The van der Waals surface area contributed by atoms with E-state index < -0.39 is 0 Å². The van der Waals surface area contributed by atoms with E-state index in [2.05, 4.69) is 25.5 Å². The maximum Gasteiger partial charge on any atom is 0.251 e. The molecule has 0 radical (unpaired) electrons. The average Bonchev–Trinajstić information content (AvgIpc) is 2.71. The molecular weight excluding hydrogens is 342 g/mol. The number of benzene rings is 1. The number of piperidine rings is 1. The van der Waals surface area contributed by atoms with E-state index >= 15 is 0 Å². The lowest BCUT2D eigenvalue weighted by Crippen LogP contribution is -2.31. The number of aryl methyl sites for hydroxylation is 1. The summed E-state index contributed by atoms with van der Waals surface area (Å²) in [5.74, 6) is 3.07. The summed E-state index contributed by atoms with van der Waals surface area (Å²) in [5, 5.41) is 6.18. The molecule has 1 saturated heterocycles. The van der Waals surface area contributed by atoms with Crippen LogP contribution >= 0.6 is 0 Å². The van der Waals surface area contributed by atoms with Gasteiger partial charge < -0.3 is 20.3 Å². The van der Waals surface area contributed by atoms with Gasteiger partial charge in [0.05, 0.1) is 7.11 Å². The largest absolute Gasteiger partial charge is 0.497 e. The quantitative estimate of drug-likeness (QED) is 0.731. The van der Waals surface area contributed by atoms with Gasteiger partial charge >= 0.3 is 0 Å². The molecule has 7 heteroatoms. The molecule has 0 spiro atoms. The number of carbonyl (C=O) groups is 1. The lowest BCUT2D eigenvalue weighted by atomic mass is 10.1. The molecule has 0 saturated carbocycles. The lowest BCUT2D eigenvalue weighted by Gasteiger charge is -2.28. The summed E-state index contributed by atoms with van der Waals surface area (Å²) in [6.07, 6.45) is 3.71. The molecule has 144 valence electrons. The Morgan fingerprint density at radius 2 is 1.96 bits per heavy atom. The third-order valence-electron chi connectivity index (χ3n) is 4.55. The number of nitrogens with one attached hydrogen (secondary N) is 2. The van der Waals surface area contributed by atoms with Crippen LogP contribution in [0.4, 0.5) is 11.6 Å². The van der Waals surface area contributed by atoms with Gasteiger partial charge in [0.1, 0.15) is 23.2 Å². The smallest absolute Gasteiger partial charge is 0.251 e. The van der Waals surface area contributed by atoms with Gasteiger partial charge in [0, 0.05) is 37.8 Å². The molecule has 0 atom stereocenters. The minimum absolute atomic E-state index is 0.122. The van der Waals surface area contributed by atoms with Crippen molar-refractivity contribution in [2.24, 2.45) is 0 Å². The van der Waals surface area contributed by atoms with Gasteiger partial charge in [0.2, 0.25) is 0 Å². The Hall–Kier alpha value is -2.83. The van der Waals surface area contributed by atoms with Crippen LogP contribution in [-0.4, -0.2) is 49.2 Å². The number of ether oxygens (including phenoxy) is 1. The SMILES string of the molecule is COc1cccc(C(=O)NCCNc2cc(N3CCCCC3)nc(C)n2)c1. The minimum atomic E-state index is -0.122. The standard InChI is InChI=1S/C20H27N5O2/c1-15-23-18(14-19(24-15)25-11-4-3-5-12-25)21-9-10-22-20(26)16-7-6-8-17(13-16)27-2/h6-8,13-14H,3-5,9-12H2,1-2H3,(H,22,26)(H,21,23,24). The Bertz CT molecular complexity index is 775. The normalized spacial score (nSPS) is 13.9. The highest BCUT2D eigenvalue weighted by atomic mass is 16.5. The van der Waals surface area contributed by atoms with Crippen molar-refractivity contribution in [2.45, 2.75) is 26.2 Å². The van der Waals surface area contributed by atoms with Crippen molar-refractivity contribution in [3.05, 3.63) is 41.7 Å². The molecule has 1 aromatic heterocycles. The van der Waals surface area contributed by atoms with Gasteiger partial charge in [-0.25, -0.2) is 9.97 Å². The first-order valence-corrected chi connectivity index (χ1v) is 9.42. The van der Waals surface area contributed by atoms with Crippen molar-refractivity contribution < 1.29 is 9.53 Å². The number of nitrogens with zero attached hydrogens (tertiary/aromatic N) is 3. The molecule has 2 aromatic rings. The summed E-state index contributed by atoms with van der Waals surface area (Å²) in [6.45, 7) is 5.09. The van der Waals surface area contributed by atoms with Crippen LogP contribution in [0.15, 0.2) is 30.3 Å². The number of anilines is 2.